The van der Waals surface area contributed by atoms with Crippen LogP contribution in [-0.4, -0.2) is 21.0 Å². The lowest BCUT2D eigenvalue weighted by Crippen LogP contribution is -2.08. The molecule has 4 nitrogen and oxygen atoms in total. The van der Waals surface area contributed by atoms with Crippen LogP contribution >= 0.6 is 15.9 Å². The Morgan fingerprint density at radius 2 is 2.00 bits per heavy atom. The molecular weight excluding hydrogens is 308 g/mol. The summed E-state index contributed by atoms with van der Waals surface area (Å²) in [6, 6.07) is 7.59. The lowest BCUT2D eigenvalue weighted by molar-refractivity contribution is 0.0694. The molecule has 0 atom stereocenters. The highest BCUT2D eigenvalue weighted by molar-refractivity contribution is 9.10. The van der Waals surface area contributed by atoms with Crippen LogP contribution in [0.5, 0.6) is 0 Å². The van der Waals surface area contributed by atoms with Gasteiger partial charge in [0, 0.05) is 16.2 Å². The molecule has 0 unspecified atom stereocenters. The van der Waals surface area contributed by atoms with Gasteiger partial charge in [-0.05, 0) is 12.0 Å². The van der Waals surface area contributed by atoms with E-state index in [2.05, 4.69) is 25.9 Å². The van der Waals surface area contributed by atoms with Crippen LogP contribution in [0.4, 0.5) is 0 Å². The third-order valence-electron chi connectivity index (χ3n) is 2.71. The average molecular weight is 321 g/mol. The molecule has 0 aliphatic carbocycles. The maximum absolute atomic E-state index is 11.2. The molecule has 1 aromatic carbocycles. The summed E-state index contributed by atoms with van der Waals surface area (Å²) in [5, 5.41) is 9.14. The number of carbonyl (C=O) groups is 1. The molecule has 98 valence electrons. The zero-order valence-corrected chi connectivity index (χ0v) is 12.2. The van der Waals surface area contributed by atoms with Crippen LogP contribution in [0.3, 0.4) is 0 Å². The molecule has 2 rings (SSSR count). The summed E-state index contributed by atoms with van der Waals surface area (Å²) in [5.41, 5.74) is 1.56. The quantitative estimate of drug-likeness (QED) is 0.936. The number of benzene rings is 1. The maximum Gasteiger partial charge on any atom is 0.339 e. The van der Waals surface area contributed by atoms with Crippen molar-refractivity contribution < 1.29 is 9.90 Å². The Kier molecular flexibility index (Phi) is 3.95. The minimum Gasteiger partial charge on any atom is -0.478 e. The Bertz CT molecular complexity index is 627. The van der Waals surface area contributed by atoms with E-state index < -0.39 is 5.97 Å². The van der Waals surface area contributed by atoms with E-state index in [9.17, 15) is 4.79 Å². The number of hydrogen-bond donors (Lipinski definition) is 1. The van der Waals surface area contributed by atoms with Gasteiger partial charge >= 0.3 is 5.97 Å². The number of carboxylic acid groups (broad SMARTS) is 1. The second kappa shape index (κ2) is 5.48. The van der Waals surface area contributed by atoms with Crippen LogP contribution in [0.1, 0.15) is 35.8 Å². The summed E-state index contributed by atoms with van der Waals surface area (Å²) in [5.74, 6) is -0.445. The number of aromatic nitrogens is 2. The Morgan fingerprint density at radius 1 is 1.32 bits per heavy atom. The van der Waals surface area contributed by atoms with Gasteiger partial charge in [-0.15, -0.1) is 0 Å². The molecule has 1 heterocycles. The van der Waals surface area contributed by atoms with Gasteiger partial charge in [-0.25, -0.2) is 14.8 Å². The summed E-state index contributed by atoms with van der Waals surface area (Å²) in [6.07, 6.45) is 1.37. The number of halogens is 1. The van der Waals surface area contributed by atoms with E-state index >= 15 is 0 Å². The highest BCUT2D eigenvalue weighted by Crippen LogP contribution is 2.27. The fourth-order valence-electron chi connectivity index (χ4n) is 1.77. The van der Waals surface area contributed by atoms with Crippen molar-refractivity contribution in [2.24, 2.45) is 0 Å². The van der Waals surface area contributed by atoms with Crippen molar-refractivity contribution in [1.82, 2.24) is 9.97 Å². The van der Waals surface area contributed by atoms with Crippen LogP contribution in [0, 0.1) is 0 Å². The largest absolute Gasteiger partial charge is 0.478 e. The molecule has 0 amide bonds. The van der Waals surface area contributed by atoms with E-state index in [1.54, 1.807) is 0 Å². The Labute approximate surface area is 119 Å². The topological polar surface area (TPSA) is 63.1 Å². The van der Waals surface area contributed by atoms with Crippen molar-refractivity contribution in [3.63, 3.8) is 0 Å². The van der Waals surface area contributed by atoms with Gasteiger partial charge in [0.2, 0.25) is 0 Å². The monoisotopic (exact) mass is 320 g/mol. The number of carboxylic acids is 1. The fraction of sp³-hybridized carbons (Fsp3) is 0.214. The second-order valence-corrected chi connectivity index (χ2v) is 5.29. The van der Waals surface area contributed by atoms with Crippen molar-refractivity contribution in [3.8, 4) is 11.4 Å². The van der Waals surface area contributed by atoms with E-state index in [4.69, 9.17) is 5.11 Å². The first-order valence-electron chi connectivity index (χ1n) is 5.86. The predicted octanol–water partition coefficient (Wildman–Crippen LogP) is 3.73. The normalized spacial score (nSPS) is 10.7. The van der Waals surface area contributed by atoms with E-state index in [0.29, 0.717) is 11.5 Å². The minimum absolute atomic E-state index is 0.0235. The number of hydrogen-bond acceptors (Lipinski definition) is 3. The fourth-order valence-corrected chi connectivity index (χ4v) is 2.23. The molecule has 0 saturated heterocycles. The van der Waals surface area contributed by atoms with Gasteiger partial charge in [-0.1, -0.05) is 48.0 Å². The molecule has 19 heavy (non-hydrogen) atoms. The van der Waals surface area contributed by atoms with Crippen molar-refractivity contribution in [2.75, 3.05) is 0 Å². The van der Waals surface area contributed by atoms with E-state index in [1.165, 1.54) is 6.20 Å². The van der Waals surface area contributed by atoms with Crippen molar-refractivity contribution >= 4 is 21.9 Å². The standard InChI is InChI=1S/C14H13BrN2O2/c1-8(2)12-10(14(18)19)7-16-13(17-12)9-5-3-4-6-11(9)15/h3-8H,1-2H3,(H,18,19). The van der Waals surface area contributed by atoms with E-state index in [0.717, 1.165) is 10.0 Å². The molecule has 0 bridgehead atoms. The predicted molar refractivity (Wildman–Crippen MR) is 76.2 cm³/mol. The first-order valence-corrected chi connectivity index (χ1v) is 6.65. The lowest BCUT2D eigenvalue weighted by Gasteiger charge is -2.10. The molecule has 0 saturated carbocycles. The minimum atomic E-state index is -0.998. The smallest absolute Gasteiger partial charge is 0.339 e. The third kappa shape index (κ3) is 2.81. The maximum atomic E-state index is 11.2. The molecule has 0 fully saturated rings. The average Bonchev–Trinajstić information content (AvgIpc) is 2.38. The molecule has 1 aromatic heterocycles. The Balaban J connectivity index is 2.59. The SMILES string of the molecule is CC(C)c1nc(-c2ccccc2Br)ncc1C(=O)O. The van der Waals surface area contributed by atoms with Crippen LogP contribution < -0.4 is 0 Å². The Morgan fingerprint density at radius 3 is 2.58 bits per heavy atom. The summed E-state index contributed by atoms with van der Waals surface area (Å²) in [6.45, 7) is 3.83. The molecule has 5 heteroatoms. The molecular formula is C14H13BrN2O2. The molecule has 0 spiro atoms. The second-order valence-electron chi connectivity index (χ2n) is 4.43. The molecule has 0 aliphatic rings. The molecule has 0 radical (unpaired) electrons. The highest BCUT2D eigenvalue weighted by Gasteiger charge is 2.17. The van der Waals surface area contributed by atoms with Gasteiger partial charge in [0.15, 0.2) is 5.82 Å². The first kappa shape index (κ1) is 13.7. The zero-order chi connectivity index (χ0) is 14.0. The molecule has 1 N–H and O–H groups in total. The Hall–Kier alpha value is -1.75. The van der Waals surface area contributed by atoms with Crippen molar-refractivity contribution in [2.45, 2.75) is 19.8 Å². The van der Waals surface area contributed by atoms with Gasteiger partial charge in [-0.2, -0.15) is 0 Å². The van der Waals surface area contributed by atoms with Crippen LogP contribution in [-0.2, 0) is 0 Å². The van der Waals surface area contributed by atoms with Crippen LogP contribution in [0.15, 0.2) is 34.9 Å². The zero-order valence-electron chi connectivity index (χ0n) is 10.6. The van der Waals surface area contributed by atoms with Gasteiger partial charge in [0.25, 0.3) is 0 Å². The van der Waals surface area contributed by atoms with Crippen LogP contribution in [0.25, 0.3) is 11.4 Å². The summed E-state index contributed by atoms with van der Waals surface area (Å²) in [7, 11) is 0. The number of nitrogens with zero attached hydrogens (tertiary/aromatic N) is 2. The summed E-state index contributed by atoms with van der Waals surface area (Å²) < 4.78 is 0.882. The van der Waals surface area contributed by atoms with Crippen LogP contribution in [0.2, 0.25) is 0 Å². The molecule has 2 aromatic rings. The van der Waals surface area contributed by atoms with Gasteiger partial charge in [0.05, 0.1) is 11.3 Å². The number of rotatable bonds is 3. The van der Waals surface area contributed by atoms with E-state index in [1.807, 2.05) is 38.1 Å². The van der Waals surface area contributed by atoms with Gasteiger partial charge in [0.1, 0.15) is 0 Å². The first-order chi connectivity index (χ1) is 9.00. The van der Waals surface area contributed by atoms with Crippen molar-refractivity contribution in [3.05, 3.63) is 46.2 Å². The summed E-state index contributed by atoms with van der Waals surface area (Å²) in [4.78, 5) is 19.7. The third-order valence-corrected chi connectivity index (χ3v) is 3.40. The highest BCUT2D eigenvalue weighted by atomic mass is 79.9. The molecule has 0 aliphatic heterocycles. The number of aromatic carboxylic acids is 1. The van der Waals surface area contributed by atoms with E-state index in [-0.39, 0.29) is 11.5 Å². The lowest BCUT2D eigenvalue weighted by atomic mass is 10.0. The summed E-state index contributed by atoms with van der Waals surface area (Å²) >= 11 is 3.45. The van der Waals surface area contributed by atoms with Crippen molar-refractivity contribution in [1.29, 1.82) is 0 Å². The van der Waals surface area contributed by atoms with Gasteiger partial charge < -0.3 is 5.11 Å². The van der Waals surface area contributed by atoms with Gasteiger partial charge in [-0.3, -0.25) is 0 Å².